The molecule has 0 aromatic carbocycles. The third-order valence-corrected chi connectivity index (χ3v) is 5.10. The van der Waals surface area contributed by atoms with E-state index in [2.05, 4.69) is 25.7 Å². The van der Waals surface area contributed by atoms with E-state index in [9.17, 15) is 4.79 Å². The van der Waals surface area contributed by atoms with Crippen molar-refractivity contribution in [1.82, 2.24) is 0 Å². The average molecular weight is 266 g/mol. The quantitative estimate of drug-likeness (QED) is 0.834. The lowest BCUT2D eigenvalue weighted by molar-refractivity contribution is 0.102. The van der Waals surface area contributed by atoms with Crippen LogP contribution in [0.25, 0.3) is 0 Å². The molecular formula is C14H22N2OS. The van der Waals surface area contributed by atoms with Crippen LogP contribution in [0.3, 0.4) is 0 Å². The minimum absolute atomic E-state index is 0.0651. The summed E-state index contributed by atoms with van der Waals surface area (Å²) in [5, 5.41) is 1.14. The lowest BCUT2D eigenvalue weighted by Gasteiger charge is -2.27. The van der Waals surface area contributed by atoms with Gasteiger partial charge in [-0.2, -0.15) is 0 Å². The molecule has 1 aliphatic rings. The van der Waals surface area contributed by atoms with Gasteiger partial charge in [0.05, 0.1) is 15.6 Å². The highest BCUT2D eigenvalue weighted by atomic mass is 32.1. The van der Waals surface area contributed by atoms with E-state index in [1.807, 2.05) is 6.07 Å². The molecule has 1 fully saturated rings. The first kappa shape index (κ1) is 13.4. The van der Waals surface area contributed by atoms with Crippen molar-refractivity contribution >= 4 is 27.8 Å². The standard InChI is InChI=1S/C14H22N2OS/c1-9(17)13-11(15)7-12(18-13)16-6-5-10(8-16)14(2,3)4/h7,10H,5-6,8,15H2,1-4H3. The van der Waals surface area contributed by atoms with Crippen LogP contribution in [0, 0.1) is 11.3 Å². The fraction of sp³-hybridized carbons (Fsp3) is 0.643. The monoisotopic (exact) mass is 266 g/mol. The summed E-state index contributed by atoms with van der Waals surface area (Å²) in [5.74, 6) is 0.775. The molecule has 1 atom stereocenters. The first-order valence-corrected chi connectivity index (χ1v) is 7.26. The summed E-state index contributed by atoms with van der Waals surface area (Å²) in [4.78, 5) is 14.5. The van der Waals surface area contributed by atoms with E-state index in [0.29, 0.717) is 21.9 Å². The Labute approximate surface area is 113 Å². The molecule has 2 heterocycles. The molecule has 1 unspecified atom stereocenters. The first-order chi connectivity index (χ1) is 8.29. The Balaban J connectivity index is 2.15. The molecule has 18 heavy (non-hydrogen) atoms. The molecule has 0 radical (unpaired) electrons. The zero-order valence-electron chi connectivity index (χ0n) is 11.6. The summed E-state index contributed by atoms with van der Waals surface area (Å²) >= 11 is 1.53. The van der Waals surface area contributed by atoms with Crippen LogP contribution in [0.2, 0.25) is 0 Å². The van der Waals surface area contributed by atoms with Gasteiger partial charge in [-0.25, -0.2) is 0 Å². The largest absolute Gasteiger partial charge is 0.397 e. The molecule has 0 bridgehead atoms. The summed E-state index contributed by atoms with van der Waals surface area (Å²) in [5.41, 5.74) is 6.87. The molecule has 0 amide bonds. The van der Waals surface area contributed by atoms with Crippen LogP contribution < -0.4 is 10.6 Å². The summed E-state index contributed by atoms with van der Waals surface area (Å²) in [6.07, 6.45) is 1.22. The summed E-state index contributed by atoms with van der Waals surface area (Å²) < 4.78 is 0. The summed E-state index contributed by atoms with van der Waals surface area (Å²) in [6.45, 7) is 10.6. The van der Waals surface area contributed by atoms with Gasteiger partial charge < -0.3 is 10.6 Å². The second kappa shape index (κ2) is 4.57. The Morgan fingerprint density at radius 2 is 2.17 bits per heavy atom. The molecular weight excluding hydrogens is 244 g/mol. The number of nitrogen functional groups attached to an aromatic ring is 1. The lowest BCUT2D eigenvalue weighted by Crippen LogP contribution is -2.25. The average Bonchev–Trinajstić information content (AvgIpc) is 2.81. The lowest BCUT2D eigenvalue weighted by atomic mass is 9.80. The molecule has 1 saturated heterocycles. The van der Waals surface area contributed by atoms with Crippen molar-refractivity contribution in [3.8, 4) is 0 Å². The Morgan fingerprint density at radius 1 is 1.50 bits per heavy atom. The number of hydrogen-bond donors (Lipinski definition) is 1. The van der Waals surface area contributed by atoms with E-state index < -0.39 is 0 Å². The predicted molar refractivity (Wildman–Crippen MR) is 78.5 cm³/mol. The minimum Gasteiger partial charge on any atom is -0.397 e. The van der Waals surface area contributed by atoms with Crippen LogP contribution in [0.4, 0.5) is 10.7 Å². The van der Waals surface area contributed by atoms with Gasteiger partial charge in [0.25, 0.3) is 0 Å². The SMILES string of the molecule is CC(=O)c1sc(N2CCC(C(C)(C)C)C2)cc1N. The van der Waals surface area contributed by atoms with Gasteiger partial charge in [-0.15, -0.1) is 11.3 Å². The molecule has 0 spiro atoms. The number of carbonyl (C=O) groups excluding carboxylic acids is 1. The van der Waals surface area contributed by atoms with Gasteiger partial charge in [0.2, 0.25) is 0 Å². The highest BCUT2D eigenvalue weighted by Crippen LogP contribution is 2.39. The Kier molecular flexibility index (Phi) is 3.41. The van der Waals surface area contributed by atoms with Gasteiger partial charge in [0.1, 0.15) is 0 Å². The van der Waals surface area contributed by atoms with Crippen molar-refractivity contribution in [2.75, 3.05) is 23.7 Å². The molecule has 0 aliphatic carbocycles. The number of anilines is 2. The molecule has 2 rings (SSSR count). The second-order valence-corrected chi connectivity index (χ2v) is 7.25. The van der Waals surface area contributed by atoms with Gasteiger partial charge in [0, 0.05) is 20.0 Å². The van der Waals surface area contributed by atoms with Crippen molar-refractivity contribution in [2.45, 2.75) is 34.1 Å². The van der Waals surface area contributed by atoms with Crippen molar-refractivity contribution < 1.29 is 4.79 Å². The number of thiophene rings is 1. The maximum absolute atomic E-state index is 11.4. The highest BCUT2D eigenvalue weighted by molar-refractivity contribution is 7.18. The number of carbonyl (C=O) groups is 1. The number of nitrogens with zero attached hydrogens (tertiary/aromatic N) is 1. The van der Waals surface area contributed by atoms with E-state index in [4.69, 9.17) is 5.73 Å². The molecule has 1 aliphatic heterocycles. The van der Waals surface area contributed by atoms with Crippen LogP contribution in [0.1, 0.15) is 43.8 Å². The Hall–Kier alpha value is -1.03. The topological polar surface area (TPSA) is 46.3 Å². The van der Waals surface area contributed by atoms with E-state index >= 15 is 0 Å². The maximum atomic E-state index is 11.4. The minimum atomic E-state index is 0.0651. The zero-order valence-corrected chi connectivity index (χ0v) is 12.4. The van der Waals surface area contributed by atoms with Gasteiger partial charge in [0.15, 0.2) is 5.78 Å². The van der Waals surface area contributed by atoms with Crippen LogP contribution in [-0.2, 0) is 0 Å². The van der Waals surface area contributed by atoms with Crippen molar-refractivity contribution in [3.05, 3.63) is 10.9 Å². The van der Waals surface area contributed by atoms with E-state index in [0.717, 1.165) is 18.1 Å². The van der Waals surface area contributed by atoms with Gasteiger partial charge in [-0.05, 0) is 23.8 Å². The maximum Gasteiger partial charge on any atom is 0.171 e. The first-order valence-electron chi connectivity index (χ1n) is 6.44. The summed E-state index contributed by atoms with van der Waals surface area (Å²) in [7, 11) is 0. The number of ketones is 1. The van der Waals surface area contributed by atoms with E-state index in [1.54, 1.807) is 6.92 Å². The smallest absolute Gasteiger partial charge is 0.171 e. The van der Waals surface area contributed by atoms with E-state index in [1.165, 1.54) is 17.8 Å². The molecule has 4 heteroatoms. The Bertz CT molecular complexity index is 459. The van der Waals surface area contributed by atoms with Crippen LogP contribution in [0.15, 0.2) is 6.07 Å². The third kappa shape index (κ3) is 2.53. The van der Waals surface area contributed by atoms with Crippen molar-refractivity contribution in [3.63, 3.8) is 0 Å². The third-order valence-electron chi connectivity index (χ3n) is 3.79. The fourth-order valence-corrected chi connectivity index (χ4v) is 3.50. The summed E-state index contributed by atoms with van der Waals surface area (Å²) in [6, 6.07) is 1.95. The second-order valence-electron chi connectivity index (χ2n) is 6.22. The number of nitrogens with two attached hydrogens (primary N) is 1. The normalized spacial score (nSPS) is 20.4. The molecule has 1 aromatic heterocycles. The number of Topliss-reactive ketones (excluding diaryl/α,β-unsaturated/α-hetero) is 1. The van der Waals surface area contributed by atoms with Crippen LogP contribution in [-0.4, -0.2) is 18.9 Å². The molecule has 2 N–H and O–H groups in total. The Morgan fingerprint density at radius 3 is 2.61 bits per heavy atom. The molecule has 3 nitrogen and oxygen atoms in total. The molecule has 100 valence electrons. The zero-order chi connectivity index (χ0) is 13.5. The predicted octanol–water partition coefficient (Wildman–Crippen LogP) is 3.41. The van der Waals surface area contributed by atoms with Crippen molar-refractivity contribution in [2.24, 2.45) is 11.3 Å². The molecule has 0 saturated carbocycles. The van der Waals surface area contributed by atoms with Gasteiger partial charge >= 0.3 is 0 Å². The van der Waals surface area contributed by atoms with E-state index in [-0.39, 0.29) is 5.78 Å². The van der Waals surface area contributed by atoms with Crippen LogP contribution in [0.5, 0.6) is 0 Å². The van der Waals surface area contributed by atoms with Gasteiger partial charge in [-0.1, -0.05) is 20.8 Å². The van der Waals surface area contributed by atoms with Crippen molar-refractivity contribution in [1.29, 1.82) is 0 Å². The van der Waals surface area contributed by atoms with Crippen LogP contribution >= 0.6 is 11.3 Å². The molecule has 1 aromatic rings. The number of rotatable bonds is 2. The highest BCUT2D eigenvalue weighted by Gasteiger charge is 2.32. The van der Waals surface area contributed by atoms with Gasteiger partial charge in [-0.3, -0.25) is 4.79 Å². The fourth-order valence-electron chi connectivity index (χ4n) is 2.49. The number of hydrogen-bond acceptors (Lipinski definition) is 4.